The van der Waals surface area contributed by atoms with Crippen molar-refractivity contribution in [2.24, 2.45) is 7.05 Å². The van der Waals surface area contributed by atoms with Crippen LogP contribution in [0.5, 0.6) is 0 Å². The van der Waals surface area contributed by atoms with Gasteiger partial charge in [-0.3, -0.25) is 4.79 Å². The molecule has 172 valence electrons. The van der Waals surface area contributed by atoms with Gasteiger partial charge in [-0.25, -0.2) is 9.37 Å². The summed E-state index contributed by atoms with van der Waals surface area (Å²) in [5.41, 5.74) is 2.02. The molecule has 32 heavy (non-hydrogen) atoms. The van der Waals surface area contributed by atoms with E-state index in [4.69, 9.17) is 4.74 Å². The number of aryl methyl sites for hydroxylation is 2. The van der Waals surface area contributed by atoms with E-state index in [1.807, 2.05) is 20.8 Å². The fraction of sp³-hybridized carbons (Fsp3) is 0.333. The van der Waals surface area contributed by atoms with E-state index in [0.717, 1.165) is 5.56 Å². The van der Waals surface area contributed by atoms with Crippen molar-refractivity contribution in [1.29, 1.82) is 0 Å². The molecule has 0 aliphatic heterocycles. The number of aromatic nitrogens is 2. The molecular weight excluding hydrogens is 411 g/mol. The first-order valence-electron chi connectivity index (χ1n) is 10.5. The Hall–Kier alpha value is -3.39. The number of benzene rings is 1. The predicted molar refractivity (Wildman–Crippen MR) is 125 cm³/mol. The highest BCUT2D eigenvalue weighted by molar-refractivity contribution is 6.11. The van der Waals surface area contributed by atoms with Crippen molar-refractivity contribution >= 4 is 28.4 Å². The summed E-state index contributed by atoms with van der Waals surface area (Å²) in [4.78, 5) is 17.3. The van der Waals surface area contributed by atoms with Crippen molar-refractivity contribution in [3.8, 4) is 0 Å². The predicted octanol–water partition coefficient (Wildman–Crippen LogP) is 4.78. The van der Waals surface area contributed by atoms with Crippen LogP contribution in [0.3, 0.4) is 0 Å². The van der Waals surface area contributed by atoms with E-state index in [2.05, 4.69) is 15.6 Å². The molecule has 0 saturated carbocycles. The molecule has 3 rings (SSSR count). The Morgan fingerprint density at radius 2 is 2.03 bits per heavy atom. The Bertz CT molecular complexity index is 1100. The molecule has 0 spiro atoms. The van der Waals surface area contributed by atoms with Crippen molar-refractivity contribution in [3.05, 3.63) is 65.8 Å². The summed E-state index contributed by atoms with van der Waals surface area (Å²) in [6, 6.07) is 8.39. The number of aliphatic hydroxyl groups is 1. The number of amides is 1. The average Bonchev–Trinajstić information content (AvgIpc) is 3.02. The second-order valence-electron chi connectivity index (χ2n) is 7.41. The van der Waals surface area contributed by atoms with Gasteiger partial charge in [0.05, 0.1) is 17.5 Å². The van der Waals surface area contributed by atoms with Gasteiger partial charge in [0, 0.05) is 39.0 Å². The number of nitrogens with one attached hydrogen (secondary N) is 2. The standard InChI is InChI=1S/C22H25FN4O3.C2H6/c1-14-8-9-17(16(23)13-14)26-20-18(15-7-5-10-24-19(15)27(20)4)21(28)25-11-6-12-30-22(2,3)29;1-2/h5-10,12-13,26,29H,11H2,1-4H3,(H,25,28);1-2H3/b12-6+;. The first-order chi connectivity index (χ1) is 15.2. The molecule has 0 saturated heterocycles. The first kappa shape index (κ1) is 24.9. The van der Waals surface area contributed by atoms with E-state index in [0.29, 0.717) is 22.4 Å². The summed E-state index contributed by atoms with van der Waals surface area (Å²) in [5.74, 6) is -1.62. The van der Waals surface area contributed by atoms with Gasteiger partial charge in [-0.05, 0) is 42.8 Å². The van der Waals surface area contributed by atoms with Crippen LogP contribution in [-0.4, -0.2) is 32.9 Å². The quantitative estimate of drug-likeness (QED) is 0.362. The number of carbonyl (C=O) groups excluding carboxylic acids is 1. The van der Waals surface area contributed by atoms with Gasteiger partial charge < -0.3 is 25.0 Å². The molecule has 0 fully saturated rings. The van der Waals surface area contributed by atoms with Crippen LogP contribution in [0.25, 0.3) is 11.0 Å². The highest BCUT2D eigenvalue weighted by Crippen LogP contribution is 2.31. The second kappa shape index (κ2) is 10.8. The van der Waals surface area contributed by atoms with Crippen molar-refractivity contribution in [2.45, 2.75) is 40.4 Å². The lowest BCUT2D eigenvalue weighted by atomic mass is 10.1. The number of nitrogens with zero attached hydrogens (tertiary/aromatic N) is 2. The maximum Gasteiger partial charge on any atom is 0.255 e. The summed E-state index contributed by atoms with van der Waals surface area (Å²) in [6.07, 6.45) is 4.54. The first-order valence-corrected chi connectivity index (χ1v) is 10.5. The molecule has 0 bridgehead atoms. The van der Waals surface area contributed by atoms with Crippen LogP contribution in [-0.2, 0) is 11.8 Å². The largest absolute Gasteiger partial charge is 0.471 e. The number of anilines is 2. The normalized spacial score (nSPS) is 11.2. The lowest BCUT2D eigenvalue weighted by Gasteiger charge is -2.15. The number of fused-ring (bicyclic) bond motifs is 1. The molecule has 0 unspecified atom stereocenters. The van der Waals surface area contributed by atoms with Gasteiger partial charge in [-0.15, -0.1) is 0 Å². The summed E-state index contributed by atoms with van der Waals surface area (Å²) in [7, 11) is 1.76. The number of ether oxygens (including phenoxy) is 1. The maximum absolute atomic E-state index is 14.4. The molecule has 0 aliphatic rings. The lowest BCUT2D eigenvalue weighted by molar-refractivity contribution is -0.135. The molecule has 8 heteroatoms. The lowest BCUT2D eigenvalue weighted by Crippen LogP contribution is -2.25. The summed E-state index contributed by atoms with van der Waals surface area (Å²) < 4.78 is 21.2. The van der Waals surface area contributed by atoms with E-state index in [1.54, 1.807) is 48.2 Å². The Labute approximate surface area is 187 Å². The van der Waals surface area contributed by atoms with E-state index in [-0.39, 0.29) is 18.1 Å². The molecule has 1 aromatic carbocycles. The SMILES string of the molecule is CC.Cc1ccc(Nc2c(C(=O)NC/C=C/OC(C)(C)O)c3cccnc3n2C)c(F)c1. The molecule has 3 N–H and O–H groups in total. The number of rotatable bonds is 7. The fourth-order valence-corrected chi connectivity index (χ4v) is 2.99. The van der Waals surface area contributed by atoms with Crippen molar-refractivity contribution < 1.29 is 19.0 Å². The summed E-state index contributed by atoms with van der Waals surface area (Å²) in [5, 5.41) is 16.0. The van der Waals surface area contributed by atoms with Crippen LogP contribution in [0.2, 0.25) is 0 Å². The van der Waals surface area contributed by atoms with Crippen LogP contribution >= 0.6 is 0 Å². The molecule has 0 atom stereocenters. The van der Waals surface area contributed by atoms with Gasteiger partial charge in [0.1, 0.15) is 17.3 Å². The van der Waals surface area contributed by atoms with E-state index < -0.39 is 11.6 Å². The number of hydrogen-bond acceptors (Lipinski definition) is 5. The minimum Gasteiger partial charge on any atom is -0.471 e. The monoisotopic (exact) mass is 442 g/mol. The zero-order valence-corrected chi connectivity index (χ0v) is 19.4. The van der Waals surface area contributed by atoms with Gasteiger partial charge in [0.15, 0.2) is 0 Å². The Kier molecular flexibility index (Phi) is 8.37. The highest BCUT2D eigenvalue weighted by atomic mass is 19.1. The van der Waals surface area contributed by atoms with Crippen LogP contribution in [0.4, 0.5) is 15.9 Å². The number of carbonyl (C=O) groups is 1. The molecule has 7 nitrogen and oxygen atoms in total. The van der Waals surface area contributed by atoms with Gasteiger partial charge >= 0.3 is 0 Å². The van der Waals surface area contributed by atoms with E-state index >= 15 is 0 Å². The summed E-state index contributed by atoms with van der Waals surface area (Å²) >= 11 is 0. The van der Waals surface area contributed by atoms with Crippen molar-refractivity contribution in [3.63, 3.8) is 0 Å². The van der Waals surface area contributed by atoms with Gasteiger partial charge in [0.2, 0.25) is 5.79 Å². The Morgan fingerprint density at radius 3 is 2.69 bits per heavy atom. The van der Waals surface area contributed by atoms with Crippen molar-refractivity contribution in [2.75, 3.05) is 11.9 Å². The fourth-order valence-electron chi connectivity index (χ4n) is 2.99. The van der Waals surface area contributed by atoms with Crippen molar-refractivity contribution in [1.82, 2.24) is 14.9 Å². The van der Waals surface area contributed by atoms with Crippen LogP contribution in [0.1, 0.15) is 43.6 Å². The molecule has 0 aliphatic carbocycles. The topological polar surface area (TPSA) is 88.4 Å². The molecule has 3 aromatic rings. The zero-order chi connectivity index (χ0) is 23.9. The number of pyridine rings is 1. The zero-order valence-electron chi connectivity index (χ0n) is 19.4. The molecule has 1 amide bonds. The molecule has 2 heterocycles. The van der Waals surface area contributed by atoms with Crippen LogP contribution in [0.15, 0.2) is 48.9 Å². The minimum atomic E-state index is -1.29. The Morgan fingerprint density at radius 1 is 1.31 bits per heavy atom. The van der Waals surface area contributed by atoms with Gasteiger partial charge in [-0.1, -0.05) is 19.9 Å². The summed E-state index contributed by atoms with van der Waals surface area (Å²) in [6.45, 7) is 8.99. The molecule has 0 radical (unpaired) electrons. The smallest absolute Gasteiger partial charge is 0.255 e. The average molecular weight is 443 g/mol. The van der Waals surface area contributed by atoms with Gasteiger partial charge in [0.25, 0.3) is 5.91 Å². The van der Waals surface area contributed by atoms with Gasteiger partial charge in [-0.2, -0.15) is 0 Å². The third-order valence-electron chi connectivity index (χ3n) is 4.38. The Balaban J connectivity index is 0.00000176. The molecule has 2 aromatic heterocycles. The van der Waals surface area contributed by atoms with E-state index in [1.165, 1.54) is 26.2 Å². The van der Waals surface area contributed by atoms with Crippen LogP contribution in [0, 0.1) is 12.7 Å². The van der Waals surface area contributed by atoms with Crippen LogP contribution < -0.4 is 10.6 Å². The van der Waals surface area contributed by atoms with E-state index in [9.17, 15) is 14.3 Å². The highest BCUT2D eigenvalue weighted by Gasteiger charge is 2.22. The number of halogens is 1. The second-order valence-corrected chi connectivity index (χ2v) is 7.41. The maximum atomic E-state index is 14.4. The third-order valence-corrected chi connectivity index (χ3v) is 4.38. The molecular formula is C24H31FN4O3. The third kappa shape index (κ3) is 6.07. The number of hydrogen-bond donors (Lipinski definition) is 3. The minimum absolute atomic E-state index is 0.184.